The van der Waals surface area contributed by atoms with E-state index in [2.05, 4.69) is 20.4 Å². The van der Waals surface area contributed by atoms with Crippen molar-refractivity contribution in [1.82, 2.24) is 30.4 Å². The Bertz CT molecular complexity index is 2000. The molecule has 0 bridgehead atoms. The molecule has 7 aromatic rings. The maximum atomic E-state index is 6.17. The molecule has 0 N–H and O–H groups in total. The molecule has 5 aromatic carbocycles. The summed E-state index contributed by atoms with van der Waals surface area (Å²) in [5, 5.41) is 20.7. The quantitative estimate of drug-likeness (QED) is 0.174. The molecule has 0 saturated carbocycles. The second-order valence-corrected chi connectivity index (χ2v) is 12.0. The van der Waals surface area contributed by atoms with E-state index >= 15 is 0 Å². The van der Waals surface area contributed by atoms with E-state index in [4.69, 9.17) is 56.4 Å². The van der Waals surface area contributed by atoms with Crippen molar-refractivity contribution in [3.63, 3.8) is 0 Å². The van der Waals surface area contributed by atoms with Gasteiger partial charge in [-0.05, 0) is 48.5 Å². The van der Waals surface area contributed by atoms with Crippen LogP contribution in [0, 0.1) is 0 Å². The fraction of sp³-hybridized carbons (Fsp3) is 0. The SMILES string of the molecule is Clc1ccc(-c2nnc(-c3ccc(-c4nnc(-c5ccc(Cl)cc5)c(-c5ccc(Cl)cc5)n4)cc3)nc2-c2ccc(Cl)cc2)cc1. The van der Waals surface area contributed by atoms with Crippen LogP contribution in [0.15, 0.2) is 121 Å². The lowest BCUT2D eigenvalue weighted by Gasteiger charge is -2.11. The number of aromatic nitrogens is 6. The lowest BCUT2D eigenvalue weighted by Crippen LogP contribution is -2.01. The molecule has 0 aliphatic carbocycles. The third-order valence-electron chi connectivity index (χ3n) is 7.25. The minimum absolute atomic E-state index is 0.466. The Morgan fingerprint density at radius 1 is 0.261 bits per heavy atom. The second-order valence-electron chi connectivity index (χ2n) is 10.3. The van der Waals surface area contributed by atoms with E-state index in [0.29, 0.717) is 54.5 Å². The molecule has 222 valence electrons. The van der Waals surface area contributed by atoms with Gasteiger partial charge in [-0.2, -0.15) is 0 Å². The average molecular weight is 678 g/mol. The molecule has 6 nitrogen and oxygen atoms in total. The van der Waals surface area contributed by atoms with Crippen molar-refractivity contribution in [2.24, 2.45) is 0 Å². The van der Waals surface area contributed by atoms with Crippen molar-refractivity contribution in [3.05, 3.63) is 141 Å². The fourth-order valence-electron chi connectivity index (χ4n) is 4.89. The lowest BCUT2D eigenvalue weighted by atomic mass is 10.0. The van der Waals surface area contributed by atoms with Gasteiger partial charge in [0.25, 0.3) is 0 Å². The molecular formula is C36H20Cl4N6. The highest BCUT2D eigenvalue weighted by Gasteiger charge is 2.17. The smallest absolute Gasteiger partial charge is 0.182 e. The van der Waals surface area contributed by atoms with Crippen LogP contribution in [-0.2, 0) is 0 Å². The Kier molecular flexibility index (Phi) is 8.43. The van der Waals surface area contributed by atoms with E-state index in [9.17, 15) is 0 Å². The summed E-state index contributed by atoms with van der Waals surface area (Å²) in [6, 6.07) is 37.4. The minimum atomic E-state index is 0.466. The zero-order valence-corrected chi connectivity index (χ0v) is 26.8. The summed E-state index contributed by atoms with van der Waals surface area (Å²) in [7, 11) is 0. The zero-order valence-electron chi connectivity index (χ0n) is 23.7. The summed E-state index contributed by atoms with van der Waals surface area (Å²) < 4.78 is 0. The minimum Gasteiger partial charge on any atom is -0.224 e. The standard InChI is InChI=1S/C36H20Cl4N6/c37-27-13-5-21(6-14-27)31-33(23-9-17-29(39)18-10-23)43-45-35(41-31)25-1-2-26(4-3-25)36-42-32(22-7-15-28(38)16-8-22)34(44-46-36)24-11-19-30(40)20-12-24/h1-20H. The van der Waals surface area contributed by atoms with Crippen molar-refractivity contribution in [2.75, 3.05) is 0 Å². The monoisotopic (exact) mass is 676 g/mol. The Balaban J connectivity index is 1.27. The summed E-state index contributed by atoms with van der Waals surface area (Å²) in [5.41, 5.74) is 7.57. The van der Waals surface area contributed by atoms with E-state index in [-0.39, 0.29) is 0 Å². The summed E-state index contributed by atoms with van der Waals surface area (Å²) in [5.74, 6) is 0.932. The molecule has 10 heteroatoms. The van der Waals surface area contributed by atoms with Crippen LogP contribution in [0.2, 0.25) is 20.1 Å². The normalized spacial score (nSPS) is 11.0. The Labute approximate surface area is 284 Å². The van der Waals surface area contributed by atoms with Crippen molar-refractivity contribution in [1.29, 1.82) is 0 Å². The maximum absolute atomic E-state index is 6.17. The fourth-order valence-corrected chi connectivity index (χ4v) is 5.39. The predicted molar refractivity (Wildman–Crippen MR) is 186 cm³/mol. The second kappa shape index (κ2) is 12.9. The van der Waals surface area contributed by atoms with Gasteiger partial charge in [0.2, 0.25) is 0 Å². The first-order valence-corrected chi connectivity index (χ1v) is 15.6. The molecule has 46 heavy (non-hydrogen) atoms. The van der Waals surface area contributed by atoms with Gasteiger partial charge < -0.3 is 0 Å². The van der Waals surface area contributed by atoms with E-state index in [0.717, 1.165) is 33.4 Å². The zero-order chi connectivity index (χ0) is 31.6. The Morgan fingerprint density at radius 3 is 0.783 bits per heavy atom. The van der Waals surface area contributed by atoms with Crippen LogP contribution in [0.3, 0.4) is 0 Å². The van der Waals surface area contributed by atoms with Crippen molar-refractivity contribution >= 4 is 46.4 Å². The van der Waals surface area contributed by atoms with Crippen molar-refractivity contribution < 1.29 is 0 Å². The molecule has 0 unspecified atom stereocenters. The largest absolute Gasteiger partial charge is 0.224 e. The molecule has 0 aliphatic rings. The molecule has 0 radical (unpaired) electrons. The highest BCUT2D eigenvalue weighted by molar-refractivity contribution is 6.31. The molecule has 0 aliphatic heterocycles. The van der Waals surface area contributed by atoms with Crippen molar-refractivity contribution in [3.8, 4) is 67.8 Å². The van der Waals surface area contributed by atoms with E-state index in [1.165, 1.54) is 0 Å². The van der Waals surface area contributed by atoms with Crippen LogP contribution in [-0.4, -0.2) is 30.4 Å². The van der Waals surface area contributed by atoms with Crippen LogP contribution >= 0.6 is 46.4 Å². The highest BCUT2D eigenvalue weighted by Crippen LogP contribution is 2.34. The van der Waals surface area contributed by atoms with Crippen LogP contribution in [0.25, 0.3) is 67.8 Å². The molecule has 7 rings (SSSR count). The van der Waals surface area contributed by atoms with Gasteiger partial charge in [-0.25, -0.2) is 9.97 Å². The first kappa shape index (κ1) is 30.0. The van der Waals surface area contributed by atoms with Gasteiger partial charge >= 0.3 is 0 Å². The molecule has 0 atom stereocenters. The van der Waals surface area contributed by atoms with Gasteiger partial charge in [0, 0.05) is 53.5 Å². The Hall–Kier alpha value is -4.72. The van der Waals surface area contributed by atoms with Crippen LogP contribution in [0.5, 0.6) is 0 Å². The molecule has 0 amide bonds. The summed E-state index contributed by atoms with van der Waals surface area (Å²) >= 11 is 24.6. The van der Waals surface area contributed by atoms with E-state index in [1.807, 2.05) is 121 Å². The summed E-state index contributed by atoms with van der Waals surface area (Å²) in [6.45, 7) is 0. The third kappa shape index (κ3) is 6.34. The van der Waals surface area contributed by atoms with Gasteiger partial charge in [-0.1, -0.05) is 119 Å². The molecule has 2 heterocycles. The van der Waals surface area contributed by atoms with Crippen LogP contribution in [0.4, 0.5) is 0 Å². The average Bonchev–Trinajstić information content (AvgIpc) is 3.09. The van der Waals surface area contributed by atoms with Gasteiger partial charge in [-0.15, -0.1) is 20.4 Å². The van der Waals surface area contributed by atoms with Crippen molar-refractivity contribution in [2.45, 2.75) is 0 Å². The van der Waals surface area contributed by atoms with Crippen LogP contribution in [0.1, 0.15) is 0 Å². The third-order valence-corrected chi connectivity index (χ3v) is 8.25. The topological polar surface area (TPSA) is 77.3 Å². The van der Waals surface area contributed by atoms with Gasteiger partial charge in [0.15, 0.2) is 11.6 Å². The molecule has 0 fully saturated rings. The number of nitrogens with zero attached hydrogens (tertiary/aromatic N) is 6. The first-order valence-electron chi connectivity index (χ1n) is 14.1. The lowest BCUT2D eigenvalue weighted by molar-refractivity contribution is 0.988. The molecule has 0 saturated heterocycles. The number of hydrogen-bond donors (Lipinski definition) is 0. The maximum Gasteiger partial charge on any atom is 0.182 e. The first-order chi connectivity index (χ1) is 22.4. The van der Waals surface area contributed by atoms with Gasteiger partial charge in [-0.3, -0.25) is 0 Å². The van der Waals surface area contributed by atoms with Gasteiger partial charge in [0.1, 0.15) is 22.8 Å². The van der Waals surface area contributed by atoms with E-state index < -0.39 is 0 Å². The Morgan fingerprint density at radius 2 is 0.500 bits per heavy atom. The number of rotatable bonds is 6. The number of hydrogen-bond acceptors (Lipinski definition) is 6. The predicted octanol–water partition coefficient (Wildman–Crippen LogP) is 10.7. The van der Waals surface area contributed by atoms with Gasteiger partial charge in [0.05, 0.1) is 0 Å². The molecular weight excluding hydrogens is 658 g/mol. The highest BCUT2D eigenvalue weighted by atomic mass is 35.5. The summed E-state index contributed by atoms with van der Waals surface area (Å²) in [4.78, 5) is 9.89. The number of halogens is 4. The molecule has 2 aromatic heterocycles. The molecule has 0 spiro atoms. The summed E-state index contributed by atoms with van der Waals surface area (Å²) in [6.07, 6.45) is 0. The van der Waals surface area contributed by atoms with E-state index in [1.54, 1.807) is 0 Å². The van der Waals surface area contributed by atoms with Crippen LogP contribution < -0.4 is 0 Å². The number of benzene rings is 5.